The van der Waals surface area contributed by atoms with Crippen molar-refractivity contribution in [1.29, 1.82) is 0 Å². The van der Waals surface area contributed by atoms with E-state index in [1.54, 1.807) is 20.3 Å². The molecule has 5 heteroatoms. The quantitative estimate of drug-likeness (QED) is 0.614. The van der Waals surface area contributed by atoms with E-state index in [1.807, 2.05) is 59.6 Å². The first kappa shape index (κ1) is 18.0. The van der Waals surface area contributed by atoms with Crippen molar-refractivity contribution >= 4 is 11.4 Å². The average Bonchev–Trinajstić information content (AvgIpc) is 3.19. The van der Waals surface area contributed by atoms with E-state index < -0.39 is 0 Å². The predicted molar refractivity (Wildman–Crippen MR) is 109 cm³/mol. The van der Waals surface area contributed by atoms with Crippen LogP contribution in [0.2, 0.25) is 0 Å². The molecule has 0 N–H and O–H groups in total. The molecule has 28 heavy (non-hydrogen) atoms. The monoisotopic (exact) mass is 376 g/mol. The first-order valence-corrected chi connectivity index (χ1v) is 9.08. The summed E-state index contributed by atoms with van der Waals surface area (Å²) in [7, 11) is 3.29. The Kier molecular flexibility index (Phi) is 4.98. The van der Waals surface area contributed by atoms with Crippen molar-refractivity contribution in [2.45, 2.75) is 12.5 Å². The zero-order valence-corrected chi connectivity index (χ0v) is 15.8. The van der Waals surface area contributed by atoms with Crippen LogP contribution in [0.5, 0.6) is 11.5 Å². The Labute approximate surface area is 163 Å². The fourth-order valence-corrected chi connectivity index (χ4v) is 3.41. The van der Waals surface area contributed by atoms with Crippen LogP contribution in [0, 0.1) is 5.82 Å². The summed E-state index contributed by atoms with van der Waals surface area (Å²) in [6.45, 7) is 0. The van der Waals surface area contributed by atoms with Crippen molar-refractivity contribution in [1.82, 2.24) is 0 Å². The van der Waals surface area contributed by atoms with Crippen molar-refractivity contribution in [3.05, 3.63) is 89.7 Å². The summed E-state index contributed by atoms with van der Waals surface area (Å²) in [5, 5.41) is 6.73. The fourth-order valence-electron chi connectivity index (χ4n) is 3.41. The van der Waals surface area contributed by atoms with Crippen molar-refractivity contribution < 1.29 is 13.9 Å². The minimum absolute atomic E-state index is 0.0233. The van der Waals surface area contributed by atoms with Gasteiger partial charge in [-0.05, 0) is 65.7 Å². The SMILES string of the molecule is COc1ccc(C2=NN(c3cccc(F)c3)C(c3ccc(OC)cc3)C2)cc1. The number of nitrogens with zero attached hydrogens (tertiary/aromatic N) is 2. The largest absolute Gasteiger partial charge is 0.497 e. The first-order chi connectivity index (χ1) is 13.7. The molecule has 0 amide bonds. The Bertz CT molecular complexity index is 984. The summed E-state index contributed by atoms with van der Waals surface area (Å²) >= 11 is 0. The molecular weight excluding hydrogens is 355 g/mol. The van der Waals surface area contributed by atoms with E-state index >= 15 is 0 Å². The van der Waals surface area contributed by atoms with Crippen LogP contribution in [0.15, 0.2) is 77.9 Å². The Hall–Kier alpha value is -3.34. The molecule has 1 unspecified atom stereocenters. The van der Waals surface area contributed by atoms with E-state index in [0.29, 0.717) is 0 Å². The molecule has 0 aliphatic carbocycles. The van der Waals surface area contributed by atoms with Gasteiger partial charge < -0.3 is 9.47 Å². The molecule has 4 nitrogen and oxygen atoms in total. The topological polar surface area (TPSA) is 34.1 Å². The van der Waals surface area contributed by atoms with Crippen LogP contribution in [0.4, 0.5) is 10.1 Å². The molecule has 3 aromatic rings. The van der Waals surface area contributed by atoms with Gasteiger partial charge in [0.05, 0.1) is 31.7 Å². The number of ether oxygens (including phenoxy) is 2. The highest BCUT2D eigenvalue weighted by atomic mass is 19.1. The standard InChI is InChI=1S/C23H21FN2O2/c1-27-20-10-6-16(7-11-20)22-15-23(17-8-12-21(28-2)13-9-17)26(25-22)19-5-3-4-18(24)14-19/h3-14,23H,15H2,1-2H3. The van der Waals surface area contributed by atoms with Gasteiger partial charge in [-0.3, -0.25) is 5.01 Å². The summed E-state index contributed by atoms with van der Waals surface area (Å²) < 4.78 is 24.4. The third-order valence-electron chi connectivity index (χ3n) is 4.91. The van der Waals surface area contributed by atoms with Gasteiger partial charge in [0.1, 0.15) is 17.3 Å². The van der Waals surface area contributed by atoms with Gasteiger partial charge in [0.15, 0.2) is 0 Å². The van der Waals surface area contributed by atoms with E-state index in [-0.39, 0.29) is 11.9 Å². The number of hydrazone groups is 1. The number of methoxy groups -OCH3 is 2. The maximum Gasteiger partial charge on any atom is 0.125 e. The molecule has 1 heterocycles. The highest BCUT2D eigenvalue weighted by Crippen LogP contribution is 2.37. The normalized spacial score (nSPS) is 16.0. The number of rotatable bonds is 5. The molecule has 1 aliphatic heterocycles. The lowest BCUT2D eigenvalue weighted by Crippen LogP contribution is -2.18. The van der Waals surface area contributed by atoms with Crippen LogP contribution in [0.25, 0.3) is 0 Å². The van der Waals surface area contributed by atoms with Crippen LogP contribution < -0.4 is 14.5 Å². The van der Waals surface area contributed by atoms with Crippen LogP contribution in [0.3, 0.4) is 0 Å². The van der Waals surface area contributed by atoms with E-state index in [4.69, 9.17) is 14.6 Å². The Morgan fingerprint density at radius 1 is 0.893 bits per heavy atom. The second-order valence-electron chi connectivity index (χ2n) is 6.59. The zero-order valence-electron chi connectivity index (χ0n) is 15.8. The highest BCUT2D eigenvalue weighted by Gasteiger charge is 2.30. The molecule has 1 aliphatic rings. The van der Waals surface area contributed by atoms with Crippen molar-refractivity contribution in [2.24, 2.45) is 5.10 Å². The summed E-state index contributed by atoms with van der Waals surface area (Å²) in [5.74, 6) is 1.32. The maximum atomic E-state index is 13.8. The summed E-state index contributed by atoms with van der Waals surface area (Å²) in [4.78, 5) is 0. The lowest BCUT2D eigenvalue weighted by atomic mass is 9.98. The maximum absolute atomic E-state index is 13.8. The molecule has 0 radical (unpaired) electrons. The smallest absolute Gasteiger partial charge is 0.125 e. The van der Waals surface area contributed by atoms with Crippen LogP contribution >= 0.6 is 0 Å². The van der Waals surface area contributed by atoms with E-state index in [1.165, 1.54) is 12.1 Å². The minimum atomic E-state index is -0.279. The van der Waals surface area contributed by atoms with Gasteiger partial charge in [-0.15, -0.1) is 0 Å². The molecule has 142 valence electrons. The van der Waals surface area contributed by atoms with Gasteiger partial charge in [-0.25, -0.2) is 4.39 Å². The van der Waals surface area contributed by atoms with Gasteiger partial charge in [0.2, 0.25) is 0 Å². The molecule has 0 fully saturated rings. The second-order valence-corrected chi connectivity index (χ2v) is 6.59. The fraction of sp³-hybridized carbons (Fsp3) is 0.174. The van der Waals surface area contributed by atoms with E-state index in [2.05, 4.69) is 0 Å². The van der Waals surface area contributed by atoms with E-state index in [9.17, 15) is 4.39 Å². The molecular formula is C23H21FN2O2. The molecule has 1 atom stereocenters. The number of halogens is 1. The van der Waals surface area contributed by atoms with Gasteiger partial charge in [0.25, 0.3) is 0 Å². The summed E-state index contributed by atoms with van der Waals surface area (Å²) in [6, 6.07) is 22.3. The summed E-state index contributed by atoms with van der Waals surface area (Å²) in [6.07, 6.45) is 0.717. The molecule has 0 spiro atoms. The molecule has 0 bridgehead atoms. The lowest BCUT2D eigenvalue weighted by molar-refractivity contribution is 0.414. The van der Waals surface area contributed by atoms with E-state index in [0.717, 1.165) is 40.4 Å². The lowest BCUT2D eigenvalue weighted by Gasteiger charge is -2.24. The second kappa shape index (κ2) is 7.72. The van der Waals surface area contributed by atoms with Crippen LogP contribution in [-0.2, 0) is 0 Å². The zero-order chi connectivity index (χ0) is 19.5. The first-order valence-electron chi connectivity index (χ1n) is 9.08. The Morgan fingerprint density at radius 3 is 2.14 bits per heavy atom. The van der Waals surface area contributed by atoms with Gasteiger partial charge in [-0.1, -0.05) is 18.2 Å². The third kappa shape index (κ3) is 3.56. The third-order valence-corrected chi connectivity index (χ3v) is 4.91. The number of benzene rings is 3. The van der Waals surface area contributed by atoms with Gasteiger partial charge in [0, 0.05) is 6.42 Å². The van der Waals surface area contributed by atoms with Crippen molar-refractivity contribution in [2.75, 3.05) is 19.2 Å². The highest BCUT2D eigenvalue weighted by molar-refractivity contribution is 6.03. The number of anilines is 1. The van der Waals surface area contributed by atoms with Crippen LogP contribution in [0.1, 0.15) is 23.6 Å². The molecule has 0 aromatic heterocycles. The predicted octanol–water partition coefficient (Wildman–Crippen LogP) is 5.20. The average molecular weight is 376 g/mol. The number of hydrogen-bond acceptors (Lipinski definition) is 4. The molecule has 0 saturated heterocycles. The summed E-state index contributed by atoms with van der Waals surface area (Å²) in [5.41, 5.74) is 3.80. The van der Waals surface area contributed by atoms with Crippen molar-refractivity contribution in [3.8, 4) is 11.5 Å². The van der Waals surface area contributed by atoms with Gasteiger partial charge >= 0.3 is 0 Å². The molecule has 3 aromatic carbocycles. The molecule has 4 rings (SSSR count). The van der Waals surface area contributed by atoms with Crippen LogP contribution in [-0.4, -0.2) is 19.9 Å². The molecule has 0 saturated carbocycles. The van der Waals surface area contributed by atoms with Gasteiger partial charge in [-0.2, -0.15) is 5.10 Å². The minimum Gasteiger partial charge on any atom is -0.497 e. The Balaban J connectivity index is 1.71. The Morgan fingerprint density at radius 2 is 1.54 bits per heavy atom. The number of hydrogen-bond donors (Lipinski definition) is 0. The van der Waals surface area contributed by atoms with Crippen molar-refractivity contribution in [3.63, 3.8) is 0 Å².